The molecule has 1 rings (SSSR count). The number of rotatable bonds is 5. The van der Waals surface area contributed by atoms with E-state index in [9.17, 15) is 0 Å². The summed E-state index contributed by atoms with van der Waals surface area (Å²) >= 11 is 0. The molecule has 11 heavy (non-hydrogen) atoms. The van der Waals surface area contributed by atoms with E-state index in [1.807, 2.05) is 0 Å². The Labute approximate surface area is 69.0 Å². The maximum absolute atomic E-state index is 8.66. The van der Waals surface area contributed by atoms with Crippen LogP contribution in [0, 0.1) is 5.92 Å². The first-order valence-electron chi connectivity index (χ1n) is 4.78. The van der Waals surface area contributed by atoms with Gasteiger partial charge in [0.15, 0.2) is 0 Å². The Kier molecular flexibility index (Phi) is 3.87. The Morgan fingerprint density at radius 2 is 2.18 bits per heavy atom. The monoisotopic (exact) mass is 157 g/mol. The average molecular weight is 157 g/mol. The fraction of sp³-hybridized carbons (Fsp3) is 1.00. The highest BCUT2D eigenvalue weighted by molar-refractivity contribution is 4.83. The Balaban J connectivity index is 1.98. The first kappa shape index (κ1) is 9.01. The second-order valence-electron chi connectivity index (χ2n) is 3.57. The fourth-order valence-corrected chi connectivity index (χ4v) is 1.74. The Morgan fingerprint density at radius 3 is 2.64 bits per heavy atom. The zero-order valence-corrected chi connectivity index (χ0v) is 7.34. The van der Waals surface area contributed by atoms with Gasteiger partial charge in [0.25, 0.3) is 0 Å². The number of nitrogens with one attached hydrogen (secondary N) is 1. The first-order chi connectivity index (χ1) is 5.38. The van der Waals surface area contributed by atoms with Crippen molar-refractivity contribution in [2.75, 3.05) is 0 Å². The normalized spacial score (nSPS) is 30.0. The van der Waals surface area contributed by atoms with Crippen LogP contribution >= 0.6 is 0 Å². The van der Waals surface area contributed by atoms with Crippen LogP contribution in [0.5, 0.6) is 0 Å². The molecule has 2 nitrogen and oxygen atoms in total. The van der Waals surface area contributed by atoms with E-state index in [0.29, 0.717) is 6.04 Å². The highest BCUT2D eigenvalue weighted by Gasteiger charge is 2.29. The third-order valence-electron chi connectivity index (χ3n) is 2.76. The Morgan fingerprint density at radius 1 is 1.36 bits per heavy atom. The molecule has 0 bridgehead atoms. The van der Waals surface area contributed by atoms with Crippen molar-refractivity contribution in [2.45, 2.75) is 51.5 Å². The van der Waals surface area contributed by atoms with Crippen LogP contribution < -0.4 is 5.48 Å². The lowest BCUT2D eigenvalue weighted by Crippen LogP contribution is -2.42. The third kappa shape index (κ3) is 2.46. The van der Waals surface area contributed by atoms with Gasteiger partial charge in [0, 0.05) is 6.04 Å². The van der Waals surface area contributed by atoms with E-state index in [4.69, 9.17) is 5.21 Å². The van der Waals surface area contributed by atoms with Gasteiger partial charge in [0.05, 0.1) is 0 Å². The van der Waals surface area contributed by atoms with Crippen molar-refractivity contribution < 1.29 is 5.21 Å². The van der Waals surface area contributed by atoms with Gasteiger partial charge < -0.3 is 5.21 Å². The van der Waals surface area contributed by atoms with Gasteiger partial charge in [-0.2, -0.15) is 0 Å². The van der Waals surface area contributed by atoms with E-state index < -0.39 is 0 Å². The van der Waals surface area contributed by atoms with Gasteiger partial charge in [0.1, 0.15) is 0 Å². The molecule has 1 fully saturated rings. The van der Waals surface area contributed by atoms with Crippen LogP contribution in [0.2, 0.25) is 0 Å². The molecule has 2 atom stereocenters. The van der Waals surface area contributed by atoms with E-state index in [-0.39, 0.29) is 0 Å². The van der Waals surface area contributed by atoms with Crippen molar-refractivity contribution in [3.05, 3.63) is 0 Å². The molecule has 2 heteroatoms. The van der Waals surface area contributed by atoms with Crippen molar-refractivity contribution in [2.24, 2.45) is 5.92 Å². The summed E-state index contributed by atoms with van der Waals surface area (Å²) in [4.78, 5) is 0. The summed E-state index contributed by atoms with van der Waals surface area (Å²) < 4.78 is 0. The third-order valence-corrected chi connectivity index (χ3v) is 2.76. The molecule has 0 aromatic carbocycles. The standard InChI is InChI=1S/C9H19NO/c1-2-3-4-5-8-6-7-9(8)10-11/h8-11H,2-7H2,1H3. The molecule has 1 aliphatic carbocycles. The molecule has 0 aromatic rings. The molecule has 2 unspecified atom stereocenters. The van der Waals surface area contributed by atoms with Crippen molar-refractivity contribution in [1.29, 1.82) is 0 Å². The Hall–Kier alpha value is -0.0800. The van der Waals surface area contributed by atoms with Crippen molar-refractivity contribution >= 4 is 0 Å². The van der Waals surface area contributed by atoms with Gasteiger partial charge in [0.2, 0.25) is 0 Å². The summed E-state index contributed by atoms with van der Waals surface area (Å²) in [5, 5.41) is 8.66. The van der Waals surface area contributed by atoms with Crippen molar-refractivity contribution in [3.8, 4) is 0 Å². The van der Waals surface area contributed by atoms with Crippen LogP contribution in [0.4, 0.5) is 0 Å². The lowest BCUT2D eigenvalue weighted by molar-refractivity contribution is 0.0425. The highest BCUT2D eigenvalue weighted by Crippen LogP contribution is 2.31. The lowest BCUT2D eigenvalue weighted by atomic mass is 9.77. The largest absolute Gasteiger partial charge is 0.317 e. The number of hydrogen-bond donors (Lipinski definition) is 2. The summed E-state index contributed by atoms with van der Waals surface area (Å²) in [6, 6.07) is 0.409. The predicted molar refractivity (Wildman–Crippen MR) is 45.6 cm³/mol. The van der Waals surface area contributed by atoms with Crippen LogP contribution in [0.3, 0.4) is 0 Å². The van der Waals surface area contributed by atoms with Crippen molar-refractivity contribution in [1.82, 2.24) is 5.48 Å². The molecule has 0 aliphatic heterocycles. The quantitative estimate of drug-likeness (QED) is 0.474. The predicted octanol–water partition coefficient (Wildman–Crippen LogP) is 2.32. The molecule has 0 spiro atoms. The maximum atomic E-state index is 8.66. The van der Waals surface area contributed by atoms with Gasteiger partial charge in [-0.25, -0.2) is 5.48 Å². The van der Waals surface area contributed by atoms with Gasteiger partial charge in [-0.1, -0.05) is 26.2 Å². The minimum atomic E-state index is 0.409. The van der Waals surface area contributed by atoms with E-state index in [1.165, 1.54) is 32.1 Å². The molecule has 1 aliphatic rings. The van der Waals surface area contributed by atoms with Gasteiger partial charge >= 0.3 is 0 Å². The number of hydrogen-bond acceptors (Lipinski definition) is 2. The SMILES string of the molecule is CCCCCC1CCC1NO. The topological polar surface area (TPSA) is 32.3 Å². The lowest BCUT2D eigenvalue weighted by Gasteiger charge is -2.35. The zero-order chi connectivity index (χ0) is 8.10. The van der Waals surface area contributed by atoms with E-state index in [2.05, 4.69) is 12.4 Å². The smallest absolute Gasteiger partial charge is 0.0348 e. The second kappa shape index (κ2) is 4.73. The van der Waals surface area contributed by atoms with Gasteiger partial charge in [-0.3, -0.25) is 0 Å². The van der Waals surface area contributed by atoms with Crippen LogP contribution in [0.15, 0.2) is 0 Å². The fourth-order valence-electron chi connectivity index (χ4n) is 1.74. The zero-order valence-electron chi connectivity index (χ0n) is 7.34. The van der Waals surface area contributed by atoms with Crippen LogP contribution in [0.1, 0.15) is 45.4 Å². The molecule has 66 valence electrons. The van der Waals surface area contributed by atoms with Crippen LogP contribution in [0.25, 0.3) is 0 Å². The molecule has 0 amide bonds. The first-order valence-corrected chi connectivity index (χ1v) is 4.78. The minimum Gasteiger partial charge on any atom is -0.317 e. The summed E-state index contributed by atoms with van der Waals surface area (Å²) in [5.41, 5.74) is 2.38. The molecular formula is C9H19NO. The van der Waals surface area contributed by atoms with Crippen molar-refractivity contribution in [3.63, 3.8) is 0 Å². The molecule has 1 saturated carbocycles. The highest BCUT2D eigenvalue weighted by atomic mass is 16.5. The molecule has 0 saturated heterocycles. The van der Waals surface area contributed by atoms with E-state index in [0.717, 1.165) is 12.3 Å². The summed E-state index contributed by atoms with van der Waals surface area (Å²) in [6.07, 6.45) is 7.74. The summed E-state index contributed by atoms with van der Waals surface area (Å²) in [7, 11) is 0. The van der Waals surface area contributed by atoms with Gasteiger partial charge in [-0.15, -0.1) is 0 Å². The minimum absolute atomic E-state index is 0.409. The second-order valence-corrected chi connectivity index (χ2v) is 3.57. The van der Waals surface area contributed by atoms with Crippen LogP contribution in [-0.2, 0) is 0 Å². The van der Waals surface area contributed by atoms with E-state index >= 15 is 0 Å². The Bertz CT molecular complexity index is 104. The summed E-state index contributed by atoms with van der Waals surface area (Å²) in [6.45, 7) is 2.22. The maximum Gasteiger partial charge on any atom is 0.0348 e. The van der Waals surface area contributed by atoms with E-state index in [1.54, 1.807) is 0 Å². The molecule has 0 aromatic heterocycles. The summed E-state index contributed by atoms with van der Waals surface area (Å²) in [5.74, 6) is 0.756. The number of unbranched alkanes of at least 4 members (excludes halogenated alkanes) is 2. The molecular weight excluding hydrogens is 138 g/mol. The molecule has 2 N–H and O–H groups in total. The number of hydroxylamine groups is 1. The molecule has 0 heterocycles. The van der Waals surface area contributed by atoms with Crippen LogP contribution in [-0.4, -0.2) is 11.2 Å². The average Bonchev–Trinajstić information content (AvgIpc) is 1.97. The molecule has 0 radical (unpaired) electrons. The van der Waals surface area contributed by atoms with Gasteiger partial charge in [-0.05, 0) is 25.2 Å².